The smallest absolute Gasteiger partial charge is 0.293 e. The van der Waals surface area contributed by atoms with Gasteiger partial charge in [-0.05, 0) is 37.3 Å². The number of nitro benzene ring substituents is 1. The van der Waals surface area contributed by atoms with Gasteiger partial charge in [-0.3, -0.25) is 14.4 Å². The van der Waals surface area contributed by atoms with Gasteiger partial charge in [-0.1, -0.05) is 24.3 Å². The van der Waals surface area contributed by atoms with E-state index in [0.29, 0.717) is 17.1 Å². The Balaban J connectivity index is 1.93. The Hall–Kier alpha value is -3.66. The van der Waals surface area contributed by atoms with Crippen LogP contribution in [0.4, 0.5) is 17.1 Å². The molecule has 0 aliphatic heterocycles. The molecule has 1 N–H and O–H groups in total. The number of nitrogens with one attached hydrogen (secondary N) is 1. The molecule has 0 saturated carbocycles. The molecule has 3 rings (SSSR count). The Morgan fingerprint density at radius 1 is 1.13 bits per heavy atom. The average molecular weight is 442 g/mol. The lowest BCUT2D eigenvalue weighted by molar-refractivity contribution is -0.384. The van der Waals surface area contributed by atoms with Crippen LogP contribution in [0.15, 0.2) is 71.8 Å². The zero-order valence-electron chi connectivity index (χ0n) is 17.1. The highest BCUT2D eigenvalue weighted by Crippen LogP contribution is 2.31. The average Bonchev–Trinajstić information content (AvgIpc) is 2.78. The lowest BCUT2D eigenvalue weighted by Crippen LogP contribution is -2.30. The SMILES string of the molecule is CCN(c1ccccc1)S(=O)(=O)c1ccc(NCc2cccnc2OC)c([N+](=O)[O-])c1. The fourth-order valence-electron chi connectivity index (χ4n) is 3.12. The molecule has 0 saturated heterocycles. The number of nitro groups is 1. The number of hydrogen-bond donors (Lipinski definition) is 1. The molecular weight excluding hydrogens is 420 g/mol. The van der Waals surface area contributed by atoms with Crippen molar-refractivity contribution < 1.29 is 18.1 Å². The summed E-state index contributed by atoms with van der Waals surface area (Å²) in [4.78, 5) is 15.0. The molecule has 0 fully saturated rings. The van der Waals surface area contributed by atoms with Gasteiger partial charge in [-0.25, -0.2) is 13.4 Å². The molecular formula is C21H22N4O5S. The van der Waals surface area contributed by atoms with Crippen molar-refractivity contribution in [3.05, 3.63) is 82.5 Å². The molecule has 0 spiro atoms. The van der Waals surface area contributed by atoms with Gasteiger partial charge in [-0.15, -0.1) is 0 Å². The van der Waals surface area contributed by atoms with Crippen molar-refractivity contribution in [2.45, 2.75) is 18.4 Å². The number of para-hydroxylation sites is 1. The molecule has 162 valence electrons. The molecule has 31 heavy (non-hydrogen) atoms. The Bertz CT molecular complexity index is 1170. The third-order valence-electron chi connectivity index (χ3n) is 4.60. The van der Waals surface area contributed by atoms with E-state index in [1.54, 1.807) is 55.6 Å². The van der Waals surface area contributed by atoms with Gasteiger partial charge in [-0.2, -0.15) is 0 Å². The van der Waals surface area contributed by atoms with Crippen LogP contribution >= 0.6 is 0 Å². The number of ether oxygens (including phenoxy) is 1. The Kier molecular flexibility index (Phi) is 6.71. The number of rotatable bonds is 9. The first kappa shape index (κ1) is 22.0. The molecule has 0 radical (unpaired) electrons. The van der Waals surface area contributed by atoms with Crippen molar-refractivity contribution in [1.82, 2.24) is 4.98 Å². The fourth-order valence-corrected chi connectivity index (χ4v) is 4.61. The fraction of sp³-hybridized carbons (Fsp3) is 0.190. The van der Waals surface area contributed by atoms with E-state index in [4.69, 9.17) is 4.74 Å². The lowest BCUT2D eigenvalue weighted by Gasteiger charge is -2.23. The normalized spacial score (nSPS) is 11.0. The van der Waals surface area contributed by atoms with Crippen LogP contribution in [0.25, 0.3) is 0 Å². The third kappa shape index (κ3) is 4.75. The summed E-state index contributed by atoms with van der Waals surface area (Å²) in [7, 11) is -2.50. The standard InChI is InChI=1S/C21H22N4O5S/c1-3-24(17-9-5-4-6-10-17)31(28,29)18-11-12-19(20(14-18)25(26)27)23-15-16-8-7-13-22-21(16)30-2/h4-14,23H,3,15H2,1-2H3. The van der Waals surface area contributed by atoms with Crippen LogP contribution in [0.2, 0.25) is 0 Å². The summed E-state index contributed by atoms with van der Waals surface area (Å²) in [5.41, 5.74) is 1.04. The van der Waals surface area contributed by atoms with Gasteiger partial charge in [0, 0.05) is 30.9 Å². The summed E-state index contributed by atoms with van der Waals surface area (Å²) < 4.78 is 32.7. The van der Waals surface area contributed by atoms with Crippen LogP contribution in [-0.4, -0.2) is 32.0 Å². The number of nitrogens with zero attached hydrogens (tertiary/aromatic N) is 3. The summed E-state index contributed by atoms with van der Waals surface area (Å²) in [6.07, 6.45) is 1.58. The largest absolute Gasteiger partial charge is 0.481 e. The van der Waals surface area contributed by atoms with E-state index in [-0.39, 0.29) is 29.4 Å². The quantitative estimate of drug-likeness (QED) is 0.396. The van der Waals surface area contributed by atoms with E-state index >= 15 is 0 Å². The van der Waals surface area contributed by atoms with E-state index in [2.05, 4.69) is 10.3 Å². The number of aromatic nitrogens is 1. The summed E-state index contributed by atoms with van der Waals surface area (Å²) in [6.45, 7) is 2.10. The molecule has 0 bridgehead atoms. The monoisotopic (exact) mass is 442 g/mol. The minimum Gasteiger partial charge on any atom is -0.481 e. The van der Waals surface area contributed by atoms with Gasteiger partial charge in [0.1, 0.15) is 5.69 Å². The molecule has 1 heterocycles. The minimum atomic E-state index is -3.98. The van der Waals surface area contributed by atoms with Crippen molar-refractivity contribution in [3.63, 3.8) is 0 Å². The second-order valence-electron chi connectivity index (χ2n) is 6.47. The van der Waals surface area contributed by atoms with Crippen molar-refractivity contribution in [2.24, 2.45) is 0 Å². The van der Waals surface area contributed by atoms with Crippen LogP contribution in [0.3, 0.4) is 0 Å². The molecule has 0 aliphatic carbocycles. The van der Waals surface area contributed by atoms with Crippen LogP contribution in [0.1, 0.15) is 12.5 Å². The molecule has 0 aliphatic rings. The molecule has 1 aromatic heterocycles. The van der Waals surface area contributed by atoms with Crippen molar-refractivity contribution in [3.8, 4) is 5.88 Å². The number of benzene rings is 2. The van der Waals surface area contributed by atoms with E-state index in [0.717, 1.165) is 6.07 Å². The van der Waals surface area contributed by atoms with Gasteiger partial charge in [0.15, 0.2) is 0 Å². The molecule has 0 atom stereocenters. The number of pyridine rings is 1. The third-order valence-corrected chi connectivity index (χ3v) is 6.50. The maximum Gasteiger partial charge on any atom is 0.293 e. The molecule has 10 heteroatoms. The predicted octanol–water partition coefficient (Wildman–Crippen LogP) is 3.83. The first-order valence-corrected chi connectivity index (χ1v) is 10.9. The van der Waals surface area contributed by atoms with Gasteiger partial charge in [0.2, 0.25) is 5.88 Å². The van der Waals surface area contributed by atoms with E-state index in [1.165, 1.54) is 23.5 Å². The minimum absolute atomic E-state index is 0.158. The van der Waals surface area contributed by atoms with Crippen molar-refractivity contribution in [1.29, 1.82) is 0 Å². The molecule has 0 amide bonds. The van der Waals surface area contributed by atoms with Gasteiger partial charge < -0.3 is 10.1 Å². The van der Waals surface area contributed by atoms with Gasteiger partial charge in [0.25, 0.3) is 15.7 Å². The van der Waals surface area contributed by atoms with Crippen molar-refractivity contribution in [2.75, 3.05) is 23.3 Å². The second-order valence-corrected chi connectivity index (χ2v) is 8.33. The Morgan fingerprint density at radius 3 is 2.52 bits per heavy atom. The predicted molar refractivity (Wildman–Crippen MR) is 118 cm³/mol. The van der Waals surface area contributed by atoms with Crippen LogP contribution < -0.4 is 14.4 Å². The van der Waals surface area contributed by atoms with E-state index < -0.39 is 14.9 Å². The number of methoxy groups -OCH3 is 1. The van der Waals surface area contributed by atoms with Crippen LogP contribution in [-0.2, 0) is 16.6 Å². The maximum absolute atomic E-state index is 13.2. The summed E-state index contributed by atoms with van der Waals surface area (Å²) in [6, 6.07) is 15.9. The highest BCUT2D eigenvalue weighted by molar-refractivity contribution is 7.92. The zero-order valence-corrected chi connectivity index (χ0v) is 17.9. The summed E-state index contributed by atoms with van der Waals surface area (Å²) in [5.74, 6) is 0.401. The topological polar surface area (TPSA) is 115 Å². The molecule has 3 aromatic rings. The Morgan fingerprint density at radius 2 is 1.87 bits per heavy atom. The molecule has 2 aromatic carbocycles. The number of sulfonamides is 1. The molecule has 0 unspecified atom stereocenters. The number of anilines is 2. The van der Waals surface area contributed by atoms with E-state index in [1.807, 2.05) is 0 Å². The van der Waals surface area contributed by atoms with Gasteiger partial charge >= 0.3 is 0 Å². The van der Waals surface area contributed by atoms with Crippen LogP contribution in [0.5, 0.6) is 5.88 Å². The second kappa shape index (κ2) is 9.43. The first-order valence-electron chi connectivity index (χ1n) is 9.46. The first-order chi connectivity index (χ1) is 14.9. The highest BCUT2D eigenvalue weighted by atomic mass is 32.2. The van der Waals surface area contributed by atoms with Gasteiger partial charge in [0.05, 0.1) is 22.6 Å². The van der Waals surface area contributed by atoms with Crippen LogP contribution in [0, 0.1) is 10.1 Å². The maximum atomic E-state index is 13.2. The van der Waals surface area contributed by atoms with E-state index in [9.17, 15) is 18.5 Å². The zero-order chi connectivity index (χ0) is 22.4. The lowest BCUT2D eigenvalue weighted by atomic mass is 10.2. The number of hydrogen-bond acceptors (Lipinski definition) is 7. The molecule has 9 nitrogen and oxygen atoms in total. The highest BCUT2D eigenvalue weighted by Gasteiger charge is 2.27. The Labute approximate surface area is 180 Å². The summed E-state index contributed by atoms with van der Waals surface area (Å²) in [5, 5.41) is 14.6. The van der Waals surface area contributed by atoms with Crippen molar-refractivity contribution >= 4 is 27.1 Å². The summed E-state index contributed by atoms with van der Waals surface area (Å²) >= 11 is 0.